The molecule has 0 radical (unpaired) electrons. The summed E-state index contributed by atoms with van der Waals surface area (Å²) in [5.41, 5.74) is 0.637. The normalized spacial score (nSPS) is 14.0. The average Bonchev–Trinajstić information content (AvgIpc) is 3.40. The first-order chi connectivity index (χ1) is 12.1. The Bertz CT molecular complexity index is 833. The van der Waals surface area contributed by atoms with Gasteiger partial charge in [-0.3, -0.25) is 14.2 Å². The third kappa shape index (κ3) is 4.85. The predicted octanol–water partition coefficient (Wildman–Crippen LogP) is 3.72. The Morgan fingerprint density at radius 3 is 2.92 bits per heavy atom. The van der Waals surface area contributed by atoms with Crippen molar-refractivity contribution in [1.82, 2.24) is 14.9 Å². The van der Waals surface area contributed by atoms with Gasteiger partial charge in [-0.1, -0.05) is 47.5 Å². The molecule has 1 saturated carbocycles. The van der Waals surface area contributed by atoms with Gasteiger partial charge in [-0.15, -0.1) is 0 Å². The van der Waals surface area contributed by atoms with Crippen molar-refractivity contribution in [2.24, 2.45) is 0 Å². The highest BCUT2D eigenvalue weighted by Crippen LogP contribution is 2.22. The molecule has 1 aliphatic carbocycles. The van der Waals surface area contributed by atoms with Crippen LogP contribution in [0.4, 0.5) is 0 Å². The molecular formula is C18H22BrN3O2S. The van der Waals surface area contributed by atoms with Crippen LogP contribution < -0.4 is 10.9 Å². The minimum Gasteiger partial charge on any atom is -0.353 e. The monoisotopic (exact) mass is 423 g/mol. The molecule has 134 valence electrons. The maximum atomic E-state index is 12.9. The molecule has 1 aliphatic rings. The van der Waals surface area contributed by atoms with E-state index in [1.54, 1.807) is 4.57 Å². The molecule has 25 heavy (non-hydrogen) atoms. The van der Waals surface area contributed by atoms with Crippen LogP contribution in [0.15, 0.2) is 32.6 Å². The third-order valence-electron chi connectivity index (χ3n) is 4.14. The number of fused-ring (bicyclic) bond motifs is 1. The van der Waals surface area contributed by atoms with Gasteiger partial charge in [0, 0.05) is 17.1 Å². The van der Waals surface area contributed by atoms with Crippen LogP contribution in [0.25, 0.3) is 10.9 Å². The molecule has 0 aliphatic heterocycles. The molecular weight excluding hydrogens is 402 g/mol. The standard InChI is InChI=1S/C18H22BrN3O2S/c1-2-3-4-9-22-17(24)14-10-12(19)5-8-15(14)21-18(22)25-11-16(23)20-13-6-7-13/h5,8,10,13H,2-4,6-7,9,11H2,1H3,(H,20,23). The van der Waals surface area contributed by atoms with Gasteiger partial charge in [0.1, 0.15) is 0 Å². The second kappa shape index (κ2) is 8.36. The molecule has 1 amide bonds. The highest BCUT2D eigenvalue weighted by Gasteiger charge is 2.23. The number of hydrogen-bond acceptors (Lipinski definition) is 4. The topological polar surface area (TPSA) is 64.0 Å². The van der Waals surface area contributed by atoms with Gasteiger partial charge in [-0.2, -0.15) is 0 Å². The fourth-order valence-electron chi connectivity index (χ4n) is 2.63. The fraction of sp³-hybridized carbons (Fsp3) is 0.500. The van der Waals surface area contributed by atoms with Crippen molar-refractivity contribution in [1.29, 1.82) is 0 Å². The Kier molecular flexibility index (Phi) is 6.17. The highest BCUT2D eigenvalue weighted by atomic mass is 79.9. The zero-order chi connectivity index (χ0) is 17.8. The lowest BCUT2D eigenvalue weighted by Gasteiger charge is -2.13. The molecule has 1 heterocycles. The second-order valence-corrected chi connectivity index (χ2v) is 8.21. The van der Waals surface area contributed by atoms with Crippen molar-refractivity contribution in [3.05, 3.63) is 33.0 Å². The summed E-state index contributed by atoms with van der Waals surface area (Å²) >= 11 is 4.76. The summed E-state index contributed by atoms with van der Waals surface area (Å²) in [5, 5.41) is 4.21. The number of rotatable bonds is 8. The van der Waals surface area contributed by atoms with E-state index in [1.807, 2.05) is 18.2 Å². The number of thioether (sulfide) groups is 1. The summed E-state index contributed by atoms with van der Waals surface area (Å²) in [6.07, 6.45) is 5.23. The van der Waals surface area contributed by atoms with Crippen molar-refractivity contribution in [3.8, 4) is 0 Å². The maximum absolute atomic E-state index is 12.9. The van der Waals surface area contributed by atoms with E-state index in [4.69, 9.17) is 0 Å². The second-order valence-electron chi connectivity index (χ2n) is 6.35. The molecule has 1 aromatic carbocycles. The van der Waals surface area contributed by atoms with Crippen LogP contribution in [0.1, 0.15) is 39.0 Å². The smallest absolute Gasteiger partial charge is 0.262 e. The van der Waals surface area contributed by atoms with Gasteiger partial charge in [-0.25, -0.2) is 4.98 Å². The van der Waals surface area contributed by atoms with Crippen LogP contribution in [0, 0.1) is 0 Å². The van der Waals surface area contributed by atoms with Gasteiger partial charge in [0.25, 0.3) is 5.56 Å². The molecule has 7 heteroatoms. The van der Waals surface area contributed by atoms with Crippen molar-refractivity contribution < 1.29 is 4.79 Å². The van der Waals surface area contributed by atoms with Gasteiger partial charge in [0.2, 0.25) is 5.91 Å². The molecule has 1 fully saturated rings. The van der Waals surface area contributed by atoms with Gasteiger partial charge < -0.3 is 5.32 Å². The van der Waals surface area contributed by atoms with Crippen LogP contribution >= 0.6 is 27.7 Å². The van der Waals surface area contributed by atoms with Gasteiger partial charge >= 0.3 is 0 Å². The number of hydrogen-bond donors (Lipinski definition) is 1. The lowest BCUT2D eigenvalue weighted by molar-refractivity contribution is -0.118. The van der Waals surface area contributed by atoms with Crippen molar-refractivity contribution in [2.75, 3.05) is 5.75 Å². The SMILES string of the molecule is CCCCCn1c(SCC(=O)NC2CC2)nc2ccc(Br)cc2c1=O. The van der Waals surface area contributed by atoms with Gasteiger partial charge in [-0.05, 0) is 37.5 Å². The molecule has 5 nitrogen and oxygen atoms in total. The summed E-state index contributed by atoms with van der Waals surface area (Å²) in [4.78, 5) is 29.5. The Morgan fingerprint density at radius 1 is 1.40 bits per heavy atom. The molecule has 2 aromatic rings. The Morgan fingerprint density at radius 2 is 2.20 bits per heavy atom. The van der Waals surface area contributed by atoms with E-state index in [-0.39, 0.29) is 11.5 Å². The van der Waals surface area contributed by atoms with E-state index in [9.17, 15) is 9.59 Å². The third-order valence-corrected chi connectivity index (χ3v) is 5.61. The van der Waals surface area contributed by atoms with Crippen molar-refractivity contribution in [3.63, 3.8) is 0 Å². The Balaban J connectivity index is 1.87. The molecule has 3 rings (SSSR count). The van der Waals surface area contributed by atoms with Crippen LogP contribution in [-0.2, 0) is 11.3 Å². The number of amides is 1. The highest BCUT2D eigenvalue weighted by molar-refractivity contribution is 9.10. The van der Waals surface area contributed by atoms with Crippen molar-refractivity contribution in [2.45, 2.75) is 56.8 Å². The minimum atomic E-state index is -0.0347. The predicted molar refractivity (Wildman–Crippen MR) is 105 cm³/mol. The number of nitrogens with zero attached hydrogens (tertiary/aromatic N) is 2. The number of carbonyl (C=O) groups is 1. The van der Waals surface area contributed by atoms with E-state index >= 15 is 0 Å². The largest absolute Gasteiger partial charge is 0.353 e. The summed E-state index contributed by atoms with van der Waals surface area (Å²) in [5.74, 6) is 0.302. The van der Waals surface area contributed by atoms with E-state index < -0.39 is 0 Å². The molecule has 1 N–H and O–H groups in total. The first-order valence-corrected chi connectivity index (χ1v) is 10.5. The van der Waals surface area contributed by atoms with Crippen LogP contribution in [-0.4, -0.2) is 27.3 Å². The molecule has 0 atom stereocenters. The minimum absolute atomic E-state index is 0.0118. The first kappa shape index (κ1) is 18.5. The maximum Gasteiger partial charge on any atom is 0.262 e. The summed E-state index contributed by atoms with van der Waals surface area (Å²) in [6, 6.07) is 5.88. The average molecular weight is 424 g/mol. The lowest BCUT2D eigenvalue weighted by atomic mass is 10.2. The van der Waals surface area contributed by atoms with Crippen LogP contribution in [0.5, 0.6) is 0 Å². The first-order valence-electron chi connectivity index (χ1n) is 8.70. The van der Waals surface area contributed by atoms with E-state index in [1.165, 1.54) is 11.8 Å². The van der Waals surface area contributed by atoms with E-state index in [2.05, 4.69) is 33.2 Å². The fourth-order valence-corrected chi connectivity index (χ4v) is 3.82. The number of unbranched alkanes of at least 4 members (excludes halogenated alkanes) is 2. The van der Waals surface area contributed by atoms with Gasteiger partial charge in [0.15, 0.2) is 5.16 Å². The van der Waals surface area contributed by atoms with E-state index in [0.29, 0.717) is 34.4 Å². The zero-order valence-electron chi connectivity index (χ0n) is 14.3. The lowest BCUT2D eigenvalue weighted by Crippen LogP contribution is -2.28. The number of aromatic nitrogens is 2. The van der Waals surface area contributed by atoms with Crippen LogP contribution in [0.3, 0.4) is 0 Å². The Hall–Kier alpha value is -1.34. The summed E-state index contributed by atoms with van der Waals surface area (Å²) in [6.45, 7) is 2.77. The summed E-state index contributed by atoms with van der Waals surface area (Å²) in [7, 11) is 0. The van der Waals surface area contributed by atoms with Gasteiger partial charge in [0.05, 0.1) is 16.7 Å². The molecule has 0 unspecified atom stereocenters. The van der Waals surface area contributed by atoms with E-state index in [0.717, 1.165) is 36.6 Å². The molecule has 0 spiro atoms. The zero-order valence-corrected chi connectivity index (χ0v) is 16.7. The number of nitrogens with one attached hydrogen (secondary N) is 1. The number of halogens is 1. The number of benzene rings is 1. The molecule has 0 saturated heterocycles. The molecule has 1 aromatic heterocycles. The molecule has 0 bridgehead atoms. The Labute approximate surface area is 159 Å². The number of carbonyl (C=O) groups excluding carboxylic acids is 1. The van der Waals surface area contributed by atoms with Crippen molar-refractivity contribution >= 4 is 44.5 Å². The quantitative estimate of drug-likeness (QED) is 0.399. The van der Waals surface area contributed by atoms with Crippen LogP contribution in [0.2, 0.25) is 0 Å². The summed E-state index contributed by atoms with van der Waals surface area (Å²) < 4.78 is 2.59.